The molecule has 21 heavy (non-hydrogen) atoms. The number of hydrogen-bond donors (Lipinski definition) is 1. The van der Waals surface area contributed by atoms with E-state index in [1.807, 2.05) is 18.2 Å². The van der Waals surface area contributed by atoms with Gasteiger partial charge in [0.1, 0.15) is 22.9 Å². The van der Waals surface area contributed by atoms with Gasteiger partial charge in [0.05, 0.1) is 21.3 Å². The Balaban J connectivity index is 2.52. The summed E-state index contributed by atoms with van der Waals surface area (Å²) in [6.07, 6.45) is 0. The fourth-order valence-electron chi connectivity index (χ4n) is 2.27. The highest BCUT2D eigenvalue weighted by Gasteiger charge is 2.15. The van der Waals surface area contributed by atoms with Gasteiger partial charge < -0.3 is 19.5 Å². The molecule has 0 aromatic heterocycles. The molecule has 4 heteroatoms. The van der Waals surface area contributed by atoms with Gasteiger partial charge >= 0.3 is 0 Å². The SMILES string of the molecule is COc1cc(OC)c(Nc2c(C)cccc2C)c(OC)c1. The Morgan fingerprint density at radius 3 is 1.71 bits per heavy atom. The first-order valence-electron chi connectivity index (χ1n) is 6.74. The van der Waals surface area contributed by atoms with E-state index in [0.717, 1.165) is 22.5 Å². The van der Waals surface area contributed by atoms with Crippen LogP contribution in [0.2, 0.25) is 0 Å². The molecule has 2 rings (SSSR count). The third-order valence-corrected chi connectivity index (χ3v) is 3.45. The van der Waals surface area contributed by atoms with Crippen molar-refractivity contribution in [2.75, 3.05) is 26.6 Å². The molecule has 0 aliphatic rings. The van der Waals surface area contributed by atoms with Gasteiger partial charge in [0.15, 0.2) is 0 Å². The fraction of sp³-hybridized carbons (Fsp3) is 0.294. The summed E-state index contributed by atoms with van der Waals surface area (Å²) >= 11 is 0. The number of aryl methyl sites for hydroxylation is 2. The minimum Gasteiger partial charge on any atom is -0.496 e. The summed E-state index contributed by atoms with van der Waals surface area (Å²) in [6.45, 7) is 4.13. The zero-order valence-corrected chi connectivity index (χ0v) is 13.1. The lowest BCUT2D eigenvalue weighted by molar-refractivity contribution is 0.378. The van der Waals surface area contributed by atoms with Gasteiger partial charge in [-0.2, -0.15) is 0 Å². The normalized spacial score (nSPS) is 10.1. The van der Waals surface area contributed by atoms with Crippen molar-refractivity contribution in [2.24, 2.45) is 0 Å². The first kappa shape index (κ1) is 15.0. The van der Waals surface area contributed by atoms with Crippen LogP contribution in [0.3, 0.4) is 0 Å². The molecule has 0 saturated carbocycles. The highest BCUT2D eigenvalue weighted by atomic mass is 16.5. The molecule has 0 unspecified atom stereocenters. The number of rotatable bonds is 5. The van der Waals surface area contributed by atoms with Crippen molar-refractivity contribution in [3.63, 3.8) is 0 Å². The van der Waals surface area contributed by atoms with Crippen LogP contribution < -0.4 is 19.5 Å². The van der Waals surface area contributed by atoms with Crippen molar-refractivity contribution in [2.45, 2.75) is 13.8 Å². The van der Waals surface area contributed by atoms with Crippen LogP contribution in [-0.2, 0) is 0 Å². The van der Waals surface area contributed by atoms with Crippen LogP contribution in [0.1, 0.15) is 11.1 Å². The molecule has 4 nitrogen and oxygen atoms in total. The van der Waals surface area contributed by atoms with Gasteiger partial charge in [-0.1, -0.05) is 18.2 Å². The molecule has 0 spiro atoms. The summed E-state index contributed by atoms with van der Waals surface area (Å²) in [5, 5.41) is 3.43. The van der Waals surface area contributed by atoms with Crippen LogP contribution in [0.4, 0.5) is 11.4 Å². The smallest absolute Gasteiger partial charge is 0.149 e. The maximum absolute atomic E-state index is 5.46. The number of benzene rings is 2. The summed E-state index contributed by atoms with van der Waals surface area (Å²) in [5.74, 6) is 2.04. The molecule has 0 atom stereocenters. The number of hydrogen-bond acceptors (Lipinski definition) is 4. The Morgan fingerprint density at radius 1 is 0.762 bits per heavy atom. The fourth-order valence-corrected chi connectivity index (χ4v) is 2.27. The average molecular weight is 287 g/mol. The van der Waals surface area contributed by atoms with E-state index in [2.05, 4.69) is 31.3 Å². The Hall–Kier alpha value is -2.36. The second-order valence-electron chi connectivity index (χ2n) is 4.80. The Labute approximate surface area is 125 Å². The summed E-state index contributed by atoms with van der Waals surface area (Å²) in [7, 11) is 4.88. The van der Waals surface area contributed by atoms with Gasteiger partial charge in [0.2, 0.25) is 0 Å². The Morgan fingerprint density at radius 2 is 1.29 bits per heavy atom. The van der Waals surface area contributed by atoms with Crippen molar-refractivity contribution in [1.82, 2.24) is 0 Å². The van der Waals surface area contributed by atoms with Gasteiger partial charge in [0.25, 0.3) is 0 Å². The quantitative estimate of drug-likeness (QED) is 0.899. The molecule has 112 valence electrons. The maximum Gasteiger partial charge on any atom is 0.149 e. The zero-order chi connectivity index (χ0) is 15.4. The molecule has 2 aromatic rings. The zero-order valence-electron chi connectivity index (χ0n) is 13.1. The first-order valence-corrected chi connectivity index (χ1v) is 6.74. The van der Waals surface area contributed by atoms with E-state index in [0.29, 0.717) is 17.2 Å². The number of ether oxygens (including phenoxy) is 3. The highest BCUT2D eigenvalue weighted by Crippen LogP contribution is 2.41. The summed E-state index contributed by atoms with van der Waals surface area (Å²) in [4.78, 5) is 0. The Bertz CT molecular complexity index is 593. The van der Waals surface area contributed by atoms with Gasteiger partial charge in [0, 0.05) is 17.8 Å². The molecule has 0 radical (unpaired) electrons. The summed E-state index contributed by atoms with van der Waals surface area (Å²) < 4.78 is 16.2. The number of anilines is 2. The molecule has 0 saturated heterocycles. The van der Waals surface area contributed by atoms with E-state index < -0.39 is 0 Å². The van der Waals surface area contributed by atoms with E-state index in [9.17, 15) is 0 Å². The van der Waals surface area contributed by atoms with Crippen LogP contribution in [0.5, 0.6) is 17.2 Å². The number of nitrogens with one attached hydrogen (secondary N) is 1. The van der Waals surface area contributed by atoms with Crippen LogP contribution >= 0.6 is 0 Å². The molecule has 0 aliphatic carbocycles. The third-order valence-electron chi connectivity index (χ3n) is 3.45. The van der Waals surface area contributed by atoms with Crippen molar-refractivity contribution in [1.29, 1.82) is 0 Å². The van der Waals surface area contributed by atoms with Gasteiger partial charge in [-0.15, -0.1) is 0 Å². The molecule has 0 heterocycles. The van der Waals surface area contributed by atoms with E-state index in [1.165, 1.54) is 0 Å². The lowest BCUT2D eigenvalue weighted by Crippen LogP contribution is -2.01. The van der Waals surface area contributed by atoms with Crippen LogP contribution in [-0.4, -0.2) is 21.3 Å². The molecule has 0 bridgehead atoms. The monoisotopic (exact) mass is 287 g/mol. The van der Waals surface area contributed by atoms with E-state index in [-0.39, 0.29) is 0 Å². The highest BCUT2D eigenvalue weighted by molar-refractivity contribution is 5.77. The number of methoxy groups -OCH3 is 3. The van der Waals surface area contributed by atoms with Crippen molar-refractivity contribution < 1.29 is 14.2 Å². The number of para-hydroxylation sites is 1. The lowest BCUT2D eigenvalue weighted by atomic mass is 10.1. The lowest BCUT2D eigenvalue weighted by Gasteiger charge is -2.19. The first-order chi connectivity index (χ1) is 10.1. The second kappa shape index (κ2) is 6.39. The largest absolute Gasteiger partial charge is 0.496 e. The molecule has 1 N–H and O–H groups in total. The average Bonchev–Trinajstić information content (AvgIpc) is 2.50. The summed E-state index contributed by atoms with van der Waals surface area (Å²) in [6, 6.07) is 9.84. The molecular weight excluding hydrogens is 266 g/mol. The second-order valence-corrected chi connectivity index (χ2v) is 4.80. The topological polar surface area (TPSA) is 39.7 Å². The van der Waals surface area contributed by atoms with Crippen LogP contribution in [0, 0.1) is 13.8 Å². The Kier molecular flexibility index (Phi) is 4.58. The van der Waals surface area contributed by atoms with Crippen LogP contribution in [0.15, 0.2) is 30.3 Å². The summed E-state index contributed by atoms with van der Waals surface area (Å²) in [5.41, 5.74) is 4.17. The van der Waals surface area contributed by atoms with E-state index >= 15 is 0 Å². The standard InChI is InChI=1S/C17H21NO3/c1-11-7-6-8-12(2)16(11)18-17-14(20-4)9-13(19-3)10-15(17)21-5/h6-10,18H,1-5H3. The van der Waals surface area contributed by atoms with E-state index in [1.54, 1.807) is 21.3 Å². The minimum atomic E-state index is 0.675. The van der Waals surface area contributed by atoms with Crippen LogP contribution in [0.25, 0.3) is 0 Å². The van der Waals surface area contributed by atoms with Gasteiger partial charge in [-0.3, -0.25) is 0 Å². The third kappa shape index (κ3) is 3.05. The van der Waals surface area contributed by atoms with E-state index in [4.69, 9.17) is 14.2 Å². The molecule has 2 aromatic carbocycles. The van der Waals surface area contributed by atoms with Crippen molar-refractivity contribution in [3.05, 3.63) is 41.5 Å². The predicted octanol–water partition coefficient (Wildman–Crippen LogP) is 4.07. The van der Waals surface area contributed by atoms with Crippen molar-refractivity contribution >= 4 is 11.4 Å². The molecule has 0 amide bonds. The minimum absolute atomic E-state index is 0.675. The maximum atomic E-state index is 5.46. The van der Waals surface area contributed by atoms with Crippen molar-refractivity contribution in [3.8, 4) is 17.2 Å². The molecule has 0 aliphatic heterocycles. The molecular formula is C17H21NO3. The van der Waals surface area contributed by atoms with Gasteiger partial charge in [-0.05, 0) is 25.0 Å². The van der Waals surface area contributed by atoms with Gasteiger partial charge in [-0.25, -0.2) is 0 Å². The molecule has 0 fully saturated rings. The predicted molar refractivity (Wildman–Crippen MR) is 85.3 cm³/mol.